The second-order valence-electron chi connectivity index (χ2n) is 10.8. The molecule has 0 radical (unpaired) electrons. The third-order valence-corrected chi connectivity index (χ3v) is 9.50. The maximum absolute atomic E-state index is 13.4. The lowest BCUT2D eigenvalue weighted by Gasteiger charge is -2.61. The maximum atomic E-state index is 13.4. The molecule has 0 aliphatic heterocycles. The fourth-order valence-electron chi connectivity index (χ4n) is 8.02. The summed E-state index contributed by atoms with van der Waals surface area (Å²) in [7, 11) is 0. The highest BCUT2D eigenvalue weighted by atomic mass is 16.4. The minimum atomic E-state index is -0.733. The lowest BCUT2D eigenvalue weighted by Crippen LogP contribution is -2.61. The Bertz CT molecular complexity index is 685. The number of carboxylic acid groups (broad SMARTS) is 1. The van der Waals surface area contributed by atoms with E-state index in [9.17, 15) is 14.7 Å². The Balaban J connectivity index is 0.000000860. The molecule has 32 heavy (non-hydrogen) atoms. The van der Waals surface area contributed by atoms with E-state index in [0.717, 1.165) is 44.9 Å². The number of carbonyl (C=O) groups is 2. The van der Waals surface area contributed by atoms with E-state index >= 15 is 0 Å². The molecule has 4 aliphatic carbocycles. The van der Waals surface area contributed by atoms with Gasteiger partial charge in [-0.1, -0.05) is 53.7 Å². The SMILES string of the molecule is C=C1CCC2(C)C(C1)CC(=O)C1C3CCC(CCCC(=O)O)C3(C)CC(O)C12.CC.CC. The minimum Gasteiger partial charge on any atom is -0.481 e. The van der Waals surface area contributed by atoms with Gasteiger partial charge in [0, 0.05) is 24.7 Å². The van der Waals surface area contributed by atoms with Crippen molar-refractivity contribution in [2.24, 2.45) is 40.4 Å². The van der Waals surface area contributed by atoms with Crippen molar-refractivity contribution in [3.05, 3.63) is 12.2 Å². The molecule has 0 bridgehead atoms. The molecular formula is C28H48O4. The predicted octanol–water partition coefficient (Wildman–Crippen LogP) is 6.66. The van der Waals surface area contributed by atoms with E-state index in [1.54, 1.807) is 0 Å². The smallest absolute Gasteiger partial charge is 0.303 e. The normalized spacial score (nSPS) is 42.3. The third-order valence-electron chi connectivity index (χ3n) is 9.50. The second kappa shape index (κ2) is 10.8. The largest absolute Gasteiger partial charge is 0.481 e. The Morgan fingerprint density at radius 1 is 1.09 bits per heavy atom. The first-order valence-electron chi connectivity index (χ1n) is 13.3. The van der Waals surface area contributed by atoms with Gasteiger partial charge in [0.1, 0.15) is 5.78 Å². The molecule has 8 unspecified atom stereocenters. The van der Waals surface area contributed by atoms with Crippen LogP contribution in [0.4, 0.5) is 0 Å². The highest BCUT2D eigenvalue weighted by Crippen LogP contribution is 2.67. The topological polar surface area (TPSA) is 74.6 Å². The summed E-state index contributed by atoms with van der Waals surface area (Å²) in [6.07, 6.45) is 7.96. The van der Waals surface area contributed by atoms with Gasteiger partial charge in [-0.05, 0) is 80.0 Å². The highest BCUT2D eigenvalue weighted by molar-refractivity contribution is 5.83. The summed E-state index contributed by atoms with van der Waals surface area (Å²) in [5, 5.41) is 20.3. The molecule has 0 saturated heterocycles. The second-order valence-corrected chi connectivity index (χ2v) is 10.8. The maximum Gasteiger partial charge on any atom is 0.303 e. The van der Waals surface area contributed by atoms with E-state index in [0.29, 0.717) is 36.4 Å². The first-order valence-corrected chi connectivity index (χ1v) is 13.3. The number of allylic oxidation sites excluding steroid dienone is 1. The molecule has 184 valence electrons. The summed E-state index contributed by atoms with van der Waals surface area (Å²) >= 11 is 0. The number of carboxylic acids is 1. The van der Waals surface area contributed by atoms with Crippen molar-refractivity contribution < 1.29 is 19.8 Å². The van der Waals surface area contributed by atoms with E-state index < -0.39 is 12.1 Å². The molecule has 4 nitrogen and oxygen atoms in total. The monoisotopic (exact) mass is 448 g/mol. The van der Waals surface area contributed by atoms with Gasteiger partial charge in [0.2, 0.25) is 0 Å². The van der Waals surface area contributed by atoms with Crippen LogP contribution < -0.4 is 0 Å². The van der Waals surface area contributed by atoms with Gasteiger partial charge in [0.15, 0.2) is 0 Å². The van der Waals surface area contributed by atoms with Gasteiger partial charge in [-0.15, -0.1) is 0 Å². The van der Waals surface area contributed by atoms with Crippen molar-refractivity contribution in [1.82, 2.24) is 0 Å². The molecule has 0 spiro atoms. The number of aliphatic carboxylic acids is 1. The molecule has 8 atom stereocenters. The molecule has 4 saturated carbocycles. The molecule has 2 N–H and O–H groups in total. The number of ketones is 1. The lowest BCUT2D eigenvalue weighted by atomic mass is 9.43. The Kier molecular flexibility index (Phi) is 9.18. The van der Waals surface area contributed by atoms with Crippen molar-refractivity contribution in [2.75, 3.05) is 0 Å². The van der Waals surface area contributed by atoms with Crippen LogP contribution >= 0.6 is 0 Å². The first kappa shape index (κ1) is 27.1. The summed E-state index contributed by atoms with van der Waals surface area (Å²) in [6, 6.07) is 0. The van der Waals surface area contributed by atoms with Gasteiger partial charge in [-0.25, -0.2) is 0 Å². The molecule has 4 fully saturated rings. The third kappa shape index (κ3) is 4.72. The fourth-order valence-corrected chi connectivity index (χ4v) is 8.02. The van der Waals surface area contributed by atoms with Crippen molar-refractivity contribution >= 4 is 11.8 Å². The average molecular weight is 449 g/mol. The van der Waals surface area contributed by atoms with Crippen LogP contribution in [-0.2, 0) is 9.59 Å². The van der Waals surface area contributed by atoms with Crippen LogP contribution in [0.25, 0.3) is 0 Å². The van der Waals surface area contributed by atoms with E-state index in [1.807, 2.05) is 27.7 Å². The van der Waals surface area contributed by atoms with Crippen LogP contribution in [0.15, 0.2) is 12.2 Å². The van der Waals surface area contributed by atoms with Crippen LogP contribution in [0, 0.1) is 40.4 Å². The Morgan fingerprint density at radius 2 is 1.75 bits per heavy atom. The Morgan fingerprint density at radius 3 is 2.38 bits per heavy atom. The van der Waals surface area contributed by atoms with E-state index in [-0.39, 0.29) is 29.1 Å². The number of aliphatic hydroxyl groups excluding tert-OH is 1. The van der Waals surface area contributed by atoms with E-state index in [4.69, 9.17) is 5.11 Å². The standard InChI is InChI=1S/C24H36O4.2C2H6/c1-14-9-10-23(2)16(11-14)12-18(25)21-17-8-7-15(5-4-6-20(27)28)24(17,3)13-19(26)22(21)23;2*1-2/h15-17,19,21-22,26H,1,4-13H2,2-3H3,(H,27,28);2*1-2H3. The minimum absolute atomic E-state index is 0.00848. The van der Waals surface area contributed by atoms with Gasteiger partial charge < -0.3 is 10.2 Å². The Labute approximate surface area is 196 Å². The zero-order chi connectivity index (χ0) is 24.3. The summed E-state index contributed by atoms with van der Waals surface area (Å²) in [5.41, 5.74) is 1.28. The Hall–Kier alpha value is -1.16. The van der Waals surface area contributed by atoms with Crippen molar-refractivity contribution in [1.29, 1.82) is 0 Å². The van der Waals surface area contributed by atoms with Gasteiger partial charge in [-0.3, -0.25) is 9.59 Å². The number of carbonyl (C=O) groups excluding carboxylic acids is 1. The number of Topliss-reactive ketones (excluding diaryl/α,β-unsaturated/α-hetero) is 1. The summed E-state index contributed by atoms with van der Waals surface area (Å²) in [4.78, 5) is 24.3. The average Bonchev–Trinajstić information content (AvgIpc) is 3.07. The molecule has 0 amide bonds. The van der Waals surface area contributed by atoms with Gasteiger partial charge in [0.05, 0.1) is 6.10 Å². The molecule has 4 rings (SSSR count). The number of hydrogen-bond donors (Lipinski definition) is 2. The summed E-state index contributed by atoms with van der Waals surface area (Å²) < 4.78 is 0. The first-order chi connectivity index (χ1) is 15.2. The number of hydrogen-bond acceptors (Lipinski definition) is 3. The van der Waals surface area contributed by atoms with Crippen LogP contribution in [0.1, 0.15) is 106 Å². The summed E-state index contributed by atoms with van der Waals surface area (Å²) in [6.45, 7) is 16.8. The van der Waals surface area contributed by atoms with Crippen molar-refractivity contribution in [2.45, 2.75) is 112 Å². The molecule has 0 aromatic carbocycles. The van der Waals surface area contributed by atoms with Crippen molar-refractivity contribution in [3.8, 4) is 0 Å². The van der Waals surface area contributed by atoms with Crippen LogP contribution in [0.3, 0.4) is 0 Å². The highest BCUT2D eigenvalue weighted by Gasteiger charge is 2.64. The number of rotatable bonds is 4. The van der Waals surface area contributed by atoms with Crippen LogP contribution in [0.2, 0.25) is 0 Å². The number of aliphatic hydroxyl groups is 1. The molecule has 4 aliphatic rings. The van der Waals surface area contributed by atoms with Gasteiger partial charge in [0.25, 0.3) is 0 Å². The fraction of sp³-hybridized carbons (Fsp3) is 0.857. The lowest BCUT2D eigenvalue weighted by molar-refractivity contribution is -0.177. The molecule has 0 aromatic rings. The number of fused-ring (bicyclic) bond motifs is 5. The molecule has 4 heteroatoms. The van der Waals surface area contributed by atoms with E-state index in [1.165, 1.54) is 5.57 Å². The van der Waals surface area contributed by atoms with E-state index in [2.05, 4.69) is 20.4 Å². The predicted molar refractivity (Wildman–Crippen MR) is 130 cm³/mol. The molecule has 0 aromatic heterocycles. The van der Waals surface area contributed by atoms with Gasteiger partial charge >= 0.3 is 5.97 Å². The molecular weight excluding hydrogens is 400 g/mol. The van der Waals surface area contributed by atoms with Crippen LogP contribution in [-0.4, -0.2) is 28.1 Å². The molecule has 0 heterocycles. The van der Waals surface area contributed by atoms with Crippen molar-refractivity contribution in [3.63, 3.8) is 0 Å². The summed E-state index contributed by atoms with van der Waals surface area (Å²) in [5.74, 6) is 0.845. The van der Waals surface area contributed by atoms with Gasteiger partial charge in [-0.2, -0.15) is 0 Å². The van der Waals surface area contributed by atoms with Crippen LogP contribution in [0.5, 0.6) is 0 Å². The zero-order valence-corrected chi connectivity index (χ0v) is 21.5. The quantitative estimate of drug-likeness (QED) is 0.472. The zero-order valence-electron chi connectivity index (χ0n) is 21.5.